The van der Waals surface area contributed by atoms with E-state index in [-0.39, 0.29) is 24.0 Å². The van der Waals surface area contributed by atoms with Gasteiger partial charge in [0.25, 0.3) is 0 Å². The maximum Gasteiger partial charge on any atom is 0.410 e. The Labute approximate surface area is 238 Å². The molecule has 214 valence electrons. The van der Waals surface area contributed by atoms with E-state index in [0.717, 1.165) is 12.8 Å². The number of halogens is 2. The number of aromatic amines is 1. The van der Waals surface area contributed by atoms with Crippen molar-refractivity contribution in [3.63, 3.8) is 0 Å². The highest BCUT2D eigenvalue weighted by Crippen LogP contribution is 2.44. The van der Waals surface area contributed by atoms with Crippen LogP contribution < -0.4 is 15.8 Å². The molecule has 2 aromatic carbocycles. The van der Waals surface area contributed by atoms with E-state index < -0.39 is 11.3 Å². The zero-order valence-corrected chi connectivity index (χ0v) is 24.2. The second-order valence-electron chi connectivity index (χ2n) is 11.1. The maximum absolute atomic E-state index is 16.1. The smallest absolute Gasteiger partial charge is 0.410 e. The van der Waals surface area contributed by atoms with Gasteiger partial charge in [-0.05, 0) is 82.9 Å². The predicted octanol–water partition coefficient (Wildman–Crippen LogP) is 6.99. The fourth-order valence-corrected chi connectivity index (χ4v) is 4.84. The summed E-state index contributed by atoms with van der Waals surface area (Å²) in [6.07, 6.45) is 1.41. The Kier molecular flexibility index (Phi) is 8.30. The molecule has 2 atom stereocenters. The predicted molar refractivity (Wildman–Crippen MR) is 156 cm³/mol. The molecular formula is C29H36ClFN6O3. The lowest BCUT2D eigenvalue weighted by atomic mass is 9.85. The van der Waals surface area contributed by atoms with Gasteiger partial charge in [0.2, 0.25) is 11.9 Å². The average Bonchev–Trinajstić information content (AvgIpc) is 3.50. The third kappa shape index (κ3) is 6.67. The molecule has 9 nitrogen and oxygen atoms in total. The molecule has 4 N–H and O–H groups in total. The van der Waals surface area contributed by atoms with Gasteiger partial charge in [0, 0.05) is 23.4 Å². The van der Waals surface area contributed by atoms with Crippen LogP contribution in [-0.4, -0.2) is 51.0 Å². The van der Waals surface area contributed by atoms with Crippen LogP contribution in [0.25, 0.3) is 11.1 Å². The zero-order valence-electron chi connectivity index (χ0n) is 23.5. The number of nitrogens with two attached hydrogens (primary N) is 1. The highest BCUT2D eigenvalue weighted by molar-refractivity contribution is 6.34. The summed E-state index contributed by atoms with van der Waals surface area (Å²) in [5, 5.41) is 9.85. The van der Waals surface area contributed by atoms with Gasteiger partial charge < -0.3 is 25.4 Å². The molecule has 1 aliphatic heterocycles. The minimum Gasteiger partial charge on any atom is -0.491 e. The van der Waals surface area contributed by atoms with Crippen molar-refractivity contribution in [3.8, 4) is 16.9 Å². The molecule has 1 saturated heterocycles. The first-order valence-electron chi connectivity index (χ1n) is 13.1. The molecule has 0 saturated carbocycles. The molecule has 4 rings (SSSR count). The van der Waals surface area contributed by atoms with Crippen molar-refractivity contribution in [1.82, 2.24) is 20.1 Å². The van der Waals surface area contributed by atoms with E-state index in [4.69, 9.17) is 26.8 Å². The van der Waals surface area contributed by atoms with E-state index in [0.29, 0.717) is 51.9 Å². The Morgan fingerprint density at radius 3 is 2.58 bits per heavy atom. The zero-order chi connectivity index (χ0) is 29.2. The topological polar surface area (TPSA) is 118 Å². The van der Waals surface area contributed by atoms with Gasteiger partial charge in [0.15, 0.2) is 5.67 Å². The molecule has 0 bridgehead atoms. The van der Waals surface area contributed by atoms with Crippen molar-refractivity contribution in [2.45, 2.75) is 64.8 Å². The second kappa shape index (κ2) is 11.4. The number of amides is 1. The molecule has 0 radical (unpaired) electrons. The summed E-state index contributed by atoms with van der Waals surface area (Å²) in [7, 11) is 0. The average molecular weight is 571 g/mol. The highest BCUT2D eigenvalue weighted by Gasteiger charge is 2.33. The van der Waals surface area contributed by atoms with Gasteiger partial charge in [-0.15, -0.1) is 5.10 Å². The maximum atomic E-state index is 16.1. The molecule has 1 amide bonds. The molecule has 3 aromatic rings. The van der Waals surface area contributed by atoms with Crippen molar-refractivity contribution >= 4 is 35.3 Å². The number of benzene rings is 2. The minimum atomic E-state index is -1.88. The molecular weight excluding hydrogens is 535 g/mol. The minimum absolute atomic E-state index is 0.0715. The largest absolute Gasteiger partial charge is 0.491 e. The summed E-state index contributed by atoms with van der Waals surface area (Å²) in [6.45, 7) is 13.5. The van der Waals surface area contributed by atoms with E-state index in [9.17, 15) is 4.79 Å². The van der Waals surface area contributed by atoms with Gasteiger partial charge in [-0.1, -0.05) is 30.3 Å². The lowest BCUT2D eigenvalue weighted by Crippen LogP contribution is -2.42. The van der Waals surface area contributed by atoms with E-state index in [1.165, 1.54) is 6.92 Å². The molecule has 2 unspecified atom stereocenters. The van der Waals surface area contributed by atoms with Crippen LogP contribution in [0.3, 0.4) is 0 Å². The summed E-state index contributed by atoms with van der Waals surface area (Å²) < 4.78 is 27.6. The van der Waals surface area contributed by atoms with Crippen LogP contribution >= 0.6 is 11.6 Å². The number of aromatic nitrogens is 3. The number of carbonyl (C=O) groups excluding carboxylic acids is 1. The number of H-pyrrole nitrogens is 1. The van der Waals surface area contributed by atoms with Gasteiger partial charge in [-0.25, -0.2) is 14.3 Å². The van der Waals surface area contributed by atoms with E-state index in [1.54, 1.807) is 36.1 Å². The van der Waals surface area contributed by atoms with Gasteiger partial charge >= 0.3 is 6.09 Å². The number of anilines is 3. The van der Waals surface area contributed by atoms with Crippen molar-refractivity contribution in [2.75, 3.05) is 24.2 Å². The Balaban J connectivity index is 1.55. The molecule has 1 aromatic heterocycles. The Hall–Kier alpha value is -3.79. The fourth-order valence-electron chi connectivity index (χ4n) is 4.51. The number of nitrogens with one attached hydrogen (secondary N) is 2. The molecule has 2 heterocycles. The van der Waals surface area contributed by atoms with Crippen LogP contribution in [0.15, 0.2) is 48.6 Å². The first-order chi connectivity index (χ1) is 18.7. The monoisotopic (exact) mass is 570 g/mol. The number of nitrogen functional groups attached to an aromatic ring is 1. The normalized spacial score (nSPS) is 16.9. The Morgan fingerprint density at radius 2 is 1.98 bits per heavy atom. The quantitative estimate of drug-likeness (QED) is 0.250. The number of alkyl halides is 1. The van der Waals surface area contributed by atoms with Crippen molar-refractivity contribution in [2.24, 2.45) is 0 Å². The third-order valence-corrected chi connectivity index (χ3v) is 7.04. The first-order valence-corrected chi connectivity index (χ1v) is 13.5. The summed E-state index contributed by atoms with van der Waals surface area (Å²) in [5.74, 6) is 1.01. The highest BCUT2D eigenvalue weighted by atomic mass is 35.5. The number of likely N-dealkylation sites (tertiary alicyclic amines) is 1. The standard InChI is InChI=1S/C29H36ClFN6O3/c1-17(2)29(6,31)22-14-19(33-26-34-25(32)35-36-26)15-23(30)24(22)18-9-11-21(12-10-18)39-16-20-8-7-13-37(20)27(38)40-28(3,4)5/h9-12,14-15,20H,1,7-8,13,16H2,2-6H3,(H4,32,33,34,35,36). The number of allylic oxidation sites excluding steroid dienone is 1. The fraction of sp³-hybridized carbons (Fsp3) is 0.414. The van der Waals surface area contributed by atoms with Crippen LogP contribution in [0.5, 0.6) is 5.75 Å². The number of rotatable bonds is 8. The number of carbonyl (C=O) groups is 1. The van der Waals surface area contributed by atoms with Gasteiger partial charge in [0.05, 0.1) is 11.1 Å². The Morgan fingerprint density at radius 1 is 1.27 bits per heavy atom. The van der Waals surface area contributed by atoms with Crippen LogP contribution in [-0.2, 0) is 10.4 Å². The summed E-state index contributed by atoms with van der Waals surface area (Å²) >= 11 is 6.74. The van der Waals surface area contributed by atoms with Crippen molar-refractivity contribution in [3.05, 3.63) is 59.1 Å². The molecule has 1 fully saturated rings. The Bertz CT molecular complexity index is 1380. The molecule has 40 heavy (non-hydrogen) atoms. The van der Waals surface area contributed by atoms with E-state index in [1.807, 2.05) is 32.9 Å². The number of hydrogen-bond donors (Lipinski definition) is 3. The molecule has 11 heteroatoms. The lowest BCUT2D eigenvalue weighted by Gasteiger charge is -2.28. The van der Waals surface area contributed by atoms with Crippen LogP contribution in [0, 0.1) is 0 Å². The van der Waals surface area contributed by atoms with Crippen LogP contribution in [0.2, 0.25) is 5.02 Å². The van der Waals surface area contributed by atoms with Crippen molar-refractivity contribution in [1.29, 1.82) is 0 Å². The SMILES string of the molecule is C=C(C)C(C)(F)c1cc(Nc2n[nH]c(N)n2)cc(Cl)c1-c1ccc(OCC2CCCN2C(=O)OC(C)(C)C)cc1. The summed E-state index contributed by atoms with van der Waals surface area (Å²) in [5.41, 5.74) is 5.59. The summed E-state index contributed by atoms with van der Waals surface area (Å²) in [4.78, 5) is 18.3. The second-order valence-corrected chi connectivity index (χ2v) is 11.5. The van der Waals surface area contributed by atoms with Crippen LogP contribution in [0.4, 0.5) is 26.8 Å². The molecule has 0 aliphatic carbocycles. The number of ether oxygens (including phenoxy) is 2. The van der Waals surface area contributed by atoms with Gasteiger partial charge in [0.1, 0.15) is 18.0 Å². The van der Waals surface area contributed by atoms with Crippen LogP contribution in [0.1, 0.15) is 53.0 Å². The van der Waals surface area contributed by atoms with Crippen molar-refractivity contribution < 1.29 is 18.7 Å². The van der Waals surface area contributed by atoms with Gasteiger partial charge in [-0.3, -0.25) is 0 Å². The van der Waals surface area contributed by atoms with Gasteiger partial charge in [-0.2, -0.15) is 4.98 Å². The molecule has 1 aliphatic rings. The lowest BCUT2D eigenvalue weighted by molar-refractivity contribution is 0.0187. The molecule has 0 spiro atoms. The first kappa shape index (κ1) is 29.2. The summed E-state index contributed by atoms with van der Waals surface area (Å²) in [6, 6.07) is 10.5. The van der Waals surface area contributed by atoms with E-state index in [2.05, 4.69) is 27.1 Å². The number of nitrogens with zero attached hydrogens (tertiary/aromatic N) is 3. The number of hydrogen-bond acceptors (Lipinski definition) is 7. The van der Waals surface area contributed by atoms with E-state index >= 15 is 4.39 Å². The third-order valence-electron chi connectivity index (χ3n) is 6.75.